The standard InChI is InChI=1S/C8H16FNO/c1-6(2)8(3,9)7(11)10(4)5/h6H,1-5H3. The lowest BCUT2D eigenvalue weighted by Gasteiger charge is -2.26. The van der Waals surface area contributed by atoms with Gasteiger partial charge in [0.05, 0.1) is 0 Å². The predicted molar refractivity (Wildman–Crippen MR) is 43.0 cm³/mol. The molecule has 0 fully saturated rings. The Hall–Kier alpha value is -0.600. The van der Waals surface area contributed by atoms with E-state index in [0.717, 1.165) is 0 Å². The topological polar surface area (TPSA) is 20.3 Å². The molecule has 1 amide bonds. The van der Waals surface area contributed by atoms with Crippen LogP contribution in [-0.2, 0) is 4.79 Å². The minimum absolute atomic E-state index is 0.280. The van der Waals surface area contributed by atoms with Gasteiger partial charge in [-0.1, -0.05) is 13.8 Å². The van der Waals surface area contributed by atoms with Crippen LogP contribution in [0.2, 0.25) is 0 Å². The van der Waals surface area contributed by atoms with Crippen molar-refractivity contribution in [3.8, 4) is 0 Å². The molecule has 0 aromatic carbocycles. The van der Waals surface area contributed by atoms with Gasteiger partial charge < -0.3 is 4.90 Å². The summed E-state index contributed by atoms with van der Waals surface area (Å²) >= 11 is 0. The van der Waals surface area contributed by atoms with E-state index in [1.807, 2.05) is 0 Å². The SMILES string of the molecule is CC(C)C(C)(F)C(=O)N(C)C. The van der Waals surface area contributed by atoms with E-state index < -0.39 is 11.6 Å². The van der Waals surface area contributed by atoms with Crippen LogP contribution in [0.15, 0.2) is 0 Å². The zero-order valence-corrected chi connectivity index (χ0v) is 7.81. The normalized spacial score (nSPS) is 16.3. The molecular weight excluding hydrogens is 145 g/mol. The summed E-state index contributed by atoms with van der Waals surface area (Å²) < 4.78 is 13.5. The molecule has 0 saturated carbocycles. The van der Waals surface area contributed by atoms with Crippen LogP contribution < -0.4 is 0 Å². The molecule has 0 rings (SSSR count). The highest BCUT2D eigenvalue weighted by atomic mass is 19.1. The third-order valence-corrected chi connectivity index (χ3v) is 1.91. The largest absolute Gasteiger partial charge is 0.346 e. The lowest BCUT2D eigenvalue weighted by Crippen LogP contribution is -2.44. The number of amides is 1. The highest BCUT2D eigenvalue weighted by Gasteiger charge is 2.37. The summed E-state index contributed by atoms with van der Waals surface area (Å²) in [6.45, 7) is 4.71. The smallest absolute Gasteiger partial charge is 0.259 e. The maximum atomic E-state index is 13.5. The number of hydrogen-bond donors (Lipinski definition) is 0. The Morgan fingerprint density at radius 2 is 1.82 bits per heavy atom. The lowest BCUT2D eigenvalue weighted by molar-refractivity contribution is -0.143. The van der Waals surface area contributed by atoms with E-state index in [0.29, 0.717) is 0 Å². The molecule has 0 aliphatic rings. The van der Waals surface area contributed by atoms with Gasteiger partial charge in [0.1, 0.15) is 0 Å². The number of carbonyl (C=O) groups excluding carboxylic acids is 1. The lowest BCUT2D eigenvalue weighted by atomic mass is 9.93. The van der Waals surface area contributed by atoms with E-state index in [1.165, 1.54) is 11.8 Å². The van der Waals surface area contributed by atoms with Gasteiger partial charge in [-0.25, -0.2) is 4.39 Å². The van der Waals surface area contributed by atoms with Crippen molar-refractivity contribution < 1.29 is 9.18 Å². The van der Waals surface area contributed by atoms with Crippen LogP contribution in [0.5, 0.6) is 0 Å². The quantitative estimate of drug-likeness (QED) is 0.600. The zero-order valence-electron chi connectivity index (χ0n) is 7.81. The molecule has 0 heterocycles. The van der Waals surface area contributed by atoms with Crippen LogP contribution in [-0.4, -0.2) is 30.6 Å². The third kappa shape index (κ3) is 2.17. The van der Waals surface area contributed by atoms with E-state index >= 15 is 0 Å². The van der Waals surface area contributed by atoms with Crippen molar-refractivity contribution in [3.63, 3.8) is 0 Å². The van der Waals surface area contributed by atoms with Crippen molar-refractivity contribution >= 4 is 5.91 Å². The highest BCUT2D eigenvalue weighted by molar-refractivity contribution is 5.84. The van der Waals surface area contributed by atoms with Gasteiger partial charge in [-0.3, -0.25) is 4.79 Å². The van der Waals surface area contributed by atoms with Gasteiger partial charge in [-0.05, 0) is 12.8 Å². The first-order valence-corrected chi connectivity index (χ1v) is 3.70. The van der Waals surface area contributed by atoms with Crippen molar-refractivity contribution in [2.24, 2.45) is 5.92 Å². The van der Waals surface area contributed by atoms with Crippen LogP contribution in [0.1, 0.15) is 20.8 Å². The van der Waals surface area contributed by atoms with Crippen LogP contribution in [0.4, 0.5) is 4.39 Å². The zero-order chi connectivity index (χ0) is 9.23. The van der Waals surface area contributed by atoms with Crippen LogP contribution in [0.3, 0.4) is 0 Å². The molecule has 0 spiro atoms. The molecule has 0 aliphatic carbocycles. The van der Waals surface area contributed by atoms with Crippen molar-refractivity contribution in [2.45, 2.75) is 26.4 Å². The molecule has 0 aromatic rings. The van der Waals surface area contributed by atoms with Crippen molar-refractivity contribution in [1.29, 1.82) is 0 Å². The number of nitrogens with zero attached hydrogens (tertiary/aromatic N) is 1. The van der Waals surface area contributed by atoms with E-state index in [9.17, 15) is 9.18 Å². The third-order valence-electron chi connectivity index (χ3n) is 1.91. The Bertz CT molecular complexity index is 152. The molecule has 0 radical (unpaired) electrons. The Kier molecular flexibility index (Phi) is 3.02. The van der Waals surface area contributed by atoms with E-state index in [2.05, 4.69) is 0 Å². The van der Waals surface area contributed by atoms with Crippen LogP contribution in [0.25, 0.3) is 0 Å². The Morgan fingerprint density at radius 1 is 1.45 bits per heavy atom. The monoisotopic (exact) mass is 161 g/mol. The maximum absolute atomic E-state index is 13.5. The van der Waals surface area contributed by atoms with Gasteiger partial charge in [0.25, 0.3) is 5.91 Å². The van der Waals surface area contributed by atoms with Crippen LogP contribution >= 0.6 is 0 Å². The molecule has 0 N–H and O–H groups in total. The summed E-state index contributed by atoms with van der Waals surface area (Å²) in [7, 11) is 3.12. The molecule has 1 unspecified atom stereocenters. The second-order valence-electron chi connectivity index (χ2n) is 3.43. The summed E-state index contributed by atoms with van der Waals surface area (Å²) in [6.07, 6.45) is 0. The van der Waals surface area contributed by atoms with Gasteiger partial charge in [0, 0.05) is 14.1 Å². The highest BCUT2D eigenvalue weighted by Crippen LogP contribution is 2.22. The molecular formula is C8H16FNO. The second-order valence-corrected chi connectivity index (χ2v) is 3.43. The fourth-order valence-corrected chi connectivity index (χ4v) is 0.684. The first-order chi connectivity index (χ1) is 4.80. The summed E-state index contributed by atoms with van der Waals surface area (Å²) in [6, 6.07) is 0. The van der Waals surface area contributed by atoms with E-state index in [-0.39, 0.29) is 5.92 Å². The molecule has 3 heteroatoms. The first kappa shape index (κ1) is 10.4. The van der Waals surface area contributed by atoms with Crippen molar-refractivity contribution in [1.82, 2.24) is 4.90 Å². The van der Waals surface area contributed by atoms with Crippen molar-refractivity contribution in [3.05, 3.63) is 0 Å². The van der Waals surface area contributed by atoms with Gasteiger partial charge in [0.2, 0.25) is 0 Å². The van der Waals surface area contributed by atoms with E-state index in [1.54, 1.807) is 27.9 Å². The number of hydrogen-bond acceptors (Lipinski definition) is 1. The average Bonchev–Trinajstić information content (AvgIpc) is 1.85. The number of rotatable bonds is 2. The minimum Gasteiger partial charge on any atom is -0.346 e. The molecule has 0 saturated heterocycles. The maximum Gasteiger partial charge on any atom is 0.259 e. The van der Waals surface area contributed by atoms with Gasteiger partial charge in [0.15, 0.2) is 5.67 Å². The molecule has 2 nitrogen and oxygen atoms in total. The number of alkyl halides is 1. The summed E-state index contributed by atoms with van der Waals surface area (Å²) in [5.74, 6) is -0.745. The number of halogens is 1. The fourth-order valence-electron chi connectivity index (χ4n) is 0.684. The van der Waals surface area contributed by atoms with Gasteiger partial charge in [-0.2, -0.15) is 0 Å². The Balaban J connectivity index is 4.43. The molecule has 0 aromatic heterocycles. The first-order valence-electron chi connectivity index (χ1n) is 3.70. The van der Waals surface area contributed by atoms with Gasteiger partial charge in [-0.15, -0.1) is 0 Å². The predicted octanol–water partition coefficient (Wildman–Crippen LogP) is 1.46. The second kappa shape index (κ2) is 3.20. The fraction of sp³-hybridized carbons (Fsp3) is 0.875. The average molecular weight is 161 g/mol. The van der Waals surface area contributed by atoms with E-state index in [4.69, 9.17) is 0 Å². The minimum atomic E-state index is -1.73. The van der Waals surface area contributed by atoms with Crippen LogP contribution in [0, 0.1) is 5.92 Å². The molecule has 66 valence electrons. The Labute approximate surface area is 67.4 Å². The molecule has 0 aliphatic heterocycles. The summed E-state index contributed by atoms with van der Waals surface area (Å²) in [5.41, 5.74) is -1.73. The van der Waals surface area contributed by atoms with Gasteiger partial charge >= 0.3 is 0 Å². The summed E-state index contributed by atoms with van der Waals surface area (Å²) in [5, 5.41) is 0. The summed E-state index contributed by atoms with van der Waals surface area (Å²) in [4.78, 5) is 12.4. The molecule has 1 atom stereocenters. The number of carbonyl (C=O) groups is 1. The molecule has 11 heavy (non-hydrogen) atoms. The van der Waals surface area contributed by atoms with Crippen molar-refractivity contribution in [2.75, 3.05) is 14.1 Å². The Morgan fingerprint density at radius 3 is 1.91 bits per heavy atom. The molecule has 0 bridgehead atoms.